The van der Waals surface area contributed by atoms with Crippen molar-refractivity contribution in [3.8, 4) is 0 Å². The minimum atomic E-state index is -0.400. The fourth-order valence-electron chi connectivity index (χ4n) is 0.843. The van der Waals surface area contributed by atoms with E-state index in [9.17, 15) is 9.59 Å². The lowest BCUT2D eigenvalue weighted by molar-refractivity contribution is -0.134. The average Bonchev–Trinajstić information content (AvgIpc) is 2.62. The highest BCUT2D eigenvalue weighted by Crippen LogP contribution is 2.16. The predicted octanol–water partition coefficient (Wildman–Crippen LogP) is 2.14. The van der Waals surface area contributed by atoms with Gasteiger partial charge in [0, 0.05) is 21.9 Å². The Labute approximate surface area is 86.0 Å². The molecule has 0 spiro atoms. The maximum atomic E-state index is 10.9. The number of thiophene rings is 1. The van der Waals surface area contributed by atoms with Gasteiger partial charge in [0.25, 0.3) is 0 Å². The summed E-state index contributed by atoms with van der Waals surface area (Å²) in [6.07, 6.45) is 2.96. The van der Waals surface area contributed by atoms with Crippen LogP contribution in [-0.4, -0.2) is 18.9 Å². The largest absolute Gasteiger partial charge is 0.466 e. The van der Waals surface area contributed by atoms with Crippen molar-refractivity contribution in [2.45, 2.75) is 6.92 Å². The molecule has 0 radical (unpaired) electrons. The molecule has 0 unspecified atom stereocenters. The van der Waals surface area contributed by atoms with E-state index in [1.54, 1.807) is 17.5 Å². The lowest BCUT2D eigenvalue weighted by atomic mass is 10.2. The number of esters is 1. The molecule has 0 atom stereocenters. The average molecular weight is 210 g/mol. The summed E-state index contributed by atoms with van der Waals surface area (Å²) in [6, 6.07) is 1.74. The third kappa shape index (κ3) is 2.81. The topological polar surface area (TPSA) is 43.4 Å². The Balaban J connectivity index is 2.73. The lowest BCUT2D eigenvalue weighted by Gasteiger charge is -1.87. The van der Waals surface area contributed by atoms with Crippen molar-refractivity contribution in [2.24, 2.45) is 0 Å². The van der Waals surface area contributed by atoms with E-state index < -0.39 is 5.97 Å². The lowest BCUT2D eigenvalue weighted by Crippen LogP contribution is -1.92. The zero-order chi connectivity index (χ0) is 10.6. The summed E-state index contributed by atoms with van der Waals surface area (Å²) in [7, 11) is 1.32. The van der Waals surface area contributed by atoms with Crippen LogP contribution < -0.4 is 0 Å². The van der Waals surface area contributed by atoms with E-state index in [1.165, 1.54) is 31.4 Å². The molecule has 0 saturated carbocycles. The molecule has 0 aliphatic carbocycles. The van der Waals surface area contributed by atoms with Gasteiger partial charge in [-0.05, 0) is 19.1 Å². The number of carbonyl (C=O) groups is 2. The number of ether oxygens (including phenoxy) is 1. The van der Waals surface area contributed by atoms with Crippen LogP contribution in [0, 0.1) is 0 Å². The van der Waals surface area contributed by atoms with E-state index >= 15 is 0 Å². The van der Waals surface area contributed by atoms with Gasteiger partial charge in [-0.2, -0.15) is 0 Å². The van der Waals surface area contributed by atoms with Gasteiger partial charge in [-0.1, -0.05) is 0 Å². The molecule has 74 valence electrons. The highest BCUT2D eigenvalue weighted by molar-refractivity contribution is 7.11. The van der Waals surface area contributed by atoms with Gasteiger partial charge in [-0.3, -0.25) is 4.79 Å². The van der Waals surface area contributed by atoms with Crippen LogP contribution in [0.15, 0.2) is 17.5 Å². The van der Waals surface area contributed by atoms with E-state index in [1.807, 2.05) is 0 Å². The second-order valence-electron chi connectivity index (χ2n) is 2.65. The number of rotatable bonds is 3. The first kappa shape index (κ1) is 10.7. The monoisotopic (exact) mass is 210 g/mol. The number of methoxy groups -OCH3 is 1. The Bertz CT molecular complexity index is 376. The van der Waals surface area contributed by atoms with Crippen molar-refractivity contribution >= 4 is 29.2 Å². The van der Waals surface area contributed by atoms with Crippen molar-refractivity contribution in [3.05, 3.63) is 28.0 Å². The van der Waals surface area contributed by atoms with E-state index in [4.69, 9.17) is 0 Å². The molecule has 3 nitrogen and oxygen atoms in total. The van der Waals surface area contributed by atoms with E-state index in [0.29, 0.717) is 5.56 Å². The van der Waals surface area contributed by atoms with Gasteiger partial charge in [0.05, 0.1) is 7.11 Å². The van der Waals surface area contributed by atoms with Crippen LogP contribution in [0.4, 0.5) is 0 Å². The molecular weight excluding hydrogens is 200 g/mol. The SMILES string of the molecule is COC(=O)C=Cc1cc(C(C)=O)cs1. The fraction of sp³-hybridized carbons (Fsp3) is 0.200. The van der Waals surface area contributed by atoms with Crippen molar-refractivity contribution in [1.82, 2.24) is 0 Å². The van der Waals surface area contributed by atoms with Crippen LogP contribution in [0.3, 0.4) is 0 Å². The molecule has 1 heterocycles. The van der Waals surface area contributed by atoms with Crippen LogP contribution in [0.2, 0.25) is 0 Å². The van der Waals surface area contributed by atoms with Gasteiger partial charge in [0.15, 0.2) is 5.78 Å². The molecule has 0 aromatic carbocycles. The summed E-state index contributed by atoms with van der Waals surface area (Å²) in [5, 5.41) is 1.76. The highest BCUT2D eigenvalue weighted by Gasteiger charge is 2.01. The first-order valence-corrected chi connectivity index (χ1v) is 4.87. The van der Waals surface area contributed by atoms with Gasteiger partial charge < -0.3 is 4.74 Å². The van der Waals surface area contributed by atoms with Crippen LogP contribution in [0.5, 0.6) is 0 Å². The molecule has 4 heteroatoms. The highest BCUT2D eigenvalue weighted by atomic mass is 32.1. The molecule has 0 aliphatic rings. The van der Waals surface area contributed by atoms with Crippen molar-refractivity contribution in [1.29, 1.82) is 0 Å². The van der Waals surface area contributed by atoms with Crippen LogP contribution in [0.1, 0.15) is 22.2 Å². The third-order valence-corrected chi connectivity index (χ3v) is 2.51. The Kier molecular flexibility index (Phi) is 3.59. The second-order valence-corrected chi connectivity index (χ2v) is 3.59. The summed E-state index contributed by atoms with van der Waals surface area (Å²) in [6.45, 7) is 1.51. The Morgan fingerprint density at radius 3 is 2.71 bits per heavy atom. The molecule has 0 N–H and O–H groups in total. The normalized spacial score (nSPS) is 10.4. The number of hydrogen-bond acceptors (Lipinski definition) is 4. The molecule has 1 rings (SSSR count). The number of carbonyl (C=O) groups excluding carboxylic acids is 2. The van der Waals surface area contributed by atoms with Crippen LogP contribution in [0.25, 0.3) is 6.08 Å². The van der Waals surface area contributed by atoms with Crippen molar-refractivity contribution in [3.63, 3.8) is 0 Å². The molecule has 0 aliphatic heterocycles. The zero-order valence-corrected chi connectivity index (χ0v) is 8.76. The first-order chi connectivity index (χ1) is 6.63. The quantitative estimate of drug-likeness (QED) is 0.436. The van der Waals surface area contributed by atoms with E-state index in [2.05, 4.69) is 4.74 Å². The van der Waals surface area contributed by atoms with Gasteiger partial charge in [0.1, 0.15) is 0 Å². The Morgan fingerprint density at radius 2 is 2.21 bits per heavy atom. The molecule has 0 fully saturated rings. The number of Topliss-reactive ketones (excluding diaryl/α,β-unsaturated/α-hetero) is 1. The number of ketones is 1. The van der Waals surface area contributed by atoms with Gasteiger partial charge in [-0.15, -0.1) is 11.3 Å². The second kappa shape index (κ2) is 4.72. The van der Waals surface area contributed by atoms with Crippen molar-refractivity contribution < 1.29 is 14.3 Å². The first-order valence-electron chi connectivity index (χ1n) is 3.99. The predicted molar refractivity (Wildman–Crippen MR) is 55.4 cm³/mol. The third-order valence-electron chi connectivity index (χ3n) is 1.61. The molecule has 0 amide bonds. The summed E-state index contributed by atoms with van der Waals surface area (Å²) < 4.78 is 4.44. The molecule has 1 aromatic heterocycles. The standard InChI is InChI=1S/C10H10O3S/c1-7(11)8-5-9(14-6-8)3-4-10(12)13-2/h3-6H,1-2H3. The van der Waals surface area contributed by atoms with Crippen LogP contribution >= 0.6 is 11.3 Å². The number of hydrogen-bond donors (Lipinski definition) is 0. The van der Waals surface area contributed by atoms with Crippen LogP contribution in [-0.2, 0) is 9.53 Å². The zero-order valence-electron chi connectivity index (χ0n) is 7.94. The van der Waals surface area contributed by atoms with E-state index in [-0.39, 0.29) is 5.78 Å². The molecule has 0 saturated heterocycles. The maximum Gasteiger partial charge on any atom is 0.330 e. The maximum absolute atomic E-state index is 10.9. The summed E-state index contributed by atoms with van der Waals surface area (Å²) in [5.74, 6) is -0.373. The Hall–Kier alpha value is -1.42. The summed E-state index contributed by atoms with van der Waals surface area (Å²) >= 11 is 1.41. The molecular formula is C10H10O3S. The summed E-state index contributed by atoms with van der Waals surface area (Å²) in [4.78, 5) is 22.6. The fourth-order valence-corrected chi connectivity index (χ4v) is 1.68. The molecule has 1 aromatic rings. The van der Waals surface area contributed by atoms with Gasteiger partial charge in [0.2, 0.25) is 0 Å². The van der Waals surface area contributed by atoms with Gasteiger partial charge in [-0.25, -0.2) is 4.79 Å². The van der Waals surface area contributed by atoms with Crippen molar-refractivity contribution in [2.75, 3.05) is 7.11 Å². The minimum absolute atomic E-state index is 0.0268. The smallest absolute Gasteiger partial charge is 0.330 e. The Morgan fingerprint density at radius 1 is 1.50 bits per heavy atom. The summed E-state index contributed by atoms with van der Waals surface area (Å²) in [5.41, 5.74) is 0.666. The molecule has 0 bridgehead atoms. The molecule has 14 heavy (non-hydrogen) atoms. The minimum Gasteiger partial charge on any atom is -0.466 e. The van der Waals surface area contributed by atoms with Gasteiger partial charge >= 0.3 is 5.97 Å². The van der Waals surface area contributed by atoms with E-state index in [0.717, 1.165) is 4.88 Å².